The molecule has 7 nitrogen and oxygen atoms in total. The molecule has 0 aliphatic heterocycles. The molecule has 0 saturated heterocycles. The molecule has 0 spiro atoms. The predicted octanol–water partition coefficient (Wildman–Crippen LogP) is 9.14. The quantitative estimate of drug-likeness (QED) is 0.0582. The zero-order valence-electron chi connectivity index (χ0n) is 39.4. The molecule has 5 aromatic rings. The van der Waals surface area contributed by atoms with Crippen LogP contribution in [0.15, 0.2) is 151 Å². The number of ether oxygens (including phenoxy) is 3. The van der Waals surface area contributed by atoms with Gasteiger partial charge in [0, 0.05) is 19.1 Å². The van der Waals surface area contributed by atoms with E-state index >= 15 is 0 Å². The molecule has 0 unspecified atom stereocenters. The van der Waals surface area contributed by atoms with E-state index in [0.29, 0.717) is 30.3 Å². The summed E-state index contributed by atoms with van der Waals surface area (Å²) in [6.45, 7) is 20.1. The number of carbonyl (C=O) groups is 1. The van der Waals surface area contributed by atoms with Crippen LogP contribution in [-0.2, 0) is 25.0 Å². The van der Waals surface area contributed by atoms with E-state index in [1.165, 1.54) is 20.7 Å². The van der Waals surface area contributed by atoms with Gasteiger partial charge in [0.25, 0.3) is 16.6 Å². The number of hydrogen-bond acceptors (Lipinski definition) is 7. The SMILES string of the molecule is COc1ccc(CO[C@@H]([C@H](C)CO[Si](c2ccccc2)(c2ccccc2)C(C)(C)C)[C@H](CO)C(=O)/C(C)=C/[C@@H](C)CO[Si](c2ccccc2)(c2ccccc2)C(C)(C)C)cc1OC. The number of Topliss-reactive ketones (excluding diaryl/α,β-unsaturated/α-hetero) is 1. The van der Waals surface area contributed by atoms with Gasteiger partial charge >= 0.3 is 0 Å². The van der Waals surface area contributed by atoms with Crippen molar-refractivity contribution in [3.63, 3.8) is 0 Å². The van der Waals surface area contributed by atoms with Crippen molar-refractivity contribution in [1.82, 2.24) is 0 Å². The van der Waals surface area contributed by atoms with Gasteiger partial charge in [-0.2, -0.15) is 0 Å². The Bertz CT molecular complexity index is 2120. The zero-order valence-corrected chi connectivity index (χ0v) is 41.4. The third-order valence-corrected chi connectivity index (χ3v) is 22.3. The molecule has 336 valence electrons. The van der Waals surface area contributed by atoms with Crippen LogP contribution in [0.3, 0.4) is 0 Å². The predicted molar refractivity (Wildman–Crippen MR) is 263 cm³/mol. The van der Waals surface area contributed by atoms with E-state index in [1.807, 2.05) is 55.5 Å². The summed E-state index contributed by atoms with van der Waals surface area (Å²) >= 11 is 0. The molecule has 9 heteroatoms. The van der Waals surface area contributed by atoms with Crippen LogP contribution in [0.4, 0.5) is 0 Å². The number of hydrogen-bond donors (Lipinski definition) is 1. The number of aliphatic hydroxyl groups excluding tert-OH is 1. The summed E-state index contributed by atoms with van der Waals surface area (Å²) in [5.41, 5.74) is 1.41. The summed E-state index contributed by atoms with van der Waals surface area (Å²) in [5, 5.41) is 15.5. The number of rotatable bonds is 21. The van der Waals surface area contributed by atoms with Gasteiger partial charge in [-0.3, -0.25) is 4.79 Å². The topological polar surface area (TPSA) is 83.5 Å². The number of allylic oxidation sites excluding steroid dienone is 1. The van der Waals surface area contributed by atoms with Gasteiger partial charge in [-0.05, 0) is 66.9 Å². The summed E-state index contributed by atoms with van der Waals surface area (Å²) in [6.07, 6.45) is 1.30. The minimum Gasteiger partial charge on any atom is -0.493 e. The van der Waals surface area contributed by atoms with Crippen LogP contribution in [0, 0.1) is 17.8 Å². The van der Waals surface area contributed by atoms with Gasteiger partial charge in [0.15, 0.2) is 17.3 Å². The first kappa shape index (κ1) is 49.4. The first-order valence-corrected chi connectivity index (χ1v) is 26.0. The first-order valence-electron chi connectivity index (χ1n) is 22.2. The molecular weight excluding hydrogens is 817 g/mol. The number of ketones is 1. The van der Waals surface area contributed by atoms with Gasteiger partial charge in [-0.25, -0.2) is 0 Å². The maximum atomic E-state index is 14.7. The summed E-state index contributed by atoms with van der Waals surface area (Å²) in [4.78, 5) is 14.7. The Morgan fingerprint density at radius 3 is 1.41 bits per heavy atom. The van der Waals surface area contributed by atoms with Gasteiger partial charge in [0.05, 0.1) is 39.5 Å². The van der Waals surface area contributed by atoms with Gasteiger partial charge < -0.3 is 28.2 Å². The summed E-state index contributed by atoms with van der Waals surface area (Å²) in [6, 6.07) is 47.9. The van der Waals surface area contributed by atoms with Crippen LogP contribution >= 0.6 is 0 Å². The zero-order chi connectivity index (χ0) is 45.8. The molecule has 0 fully saturated rings. The fraction of sp³-hybridized carbons (Fsp3) is 0.389. The van der Waals surface area contributed by atoms with E-state index in [9.17, 15) is 9.90 Å². The van der Waals surface area contributed by atoms with Crippen molar-refractivity contribution in [2.24, 2.45) is 17.8 Å². The lowest BCUT2D eigenvalue weighted by Gasteiger charge is -2.44. The van der Waals surface area contributed by atoms with Gasteiger partial charge in [-0.1, -0.05) is 189 Å². The van der Waals surface area contributed by atoms with Crippen molar-refractivity contribution < 1.29 is 33.0 Å². The van der Waals surface area contributed by atoms with Crippen molar-refractivity contribution >= 4 is 43.2 Å². The monoisotopic (exact) mass is 886 g/mol. The Balaban J connectivity index is 1.47. The van der Waals surface area contributed by atoms with Crippen molar-refractivity contribution in [3.05, 3.63) is 157 Å². The van der Waals surface area contributed by atoms with Crippen LogP contribution in [0.2, 0.25) is 10.1 Å². The smallest absolute Gasteiger partial charge is 0.261 e. The van der Waals surface area contributed by atoms with Gasteiger partial charge in [-0.15, -0.1) is 0 Å². The highest BCUT2D eigenvalue weighted by molar-refractivity contribution is 7.00. The molecule has 0 saturated carbocycles. The maximum absolute atomic E-state index is 14.7. The van der Waals surface area contributed by atoms with Crippen molar-refractivity contribution in [1.29, 1.82) is 0 Å². The third kappa shape index (κ3) is 11.2. The molecule has 0 radical (unpaired) electrons. The highest BCUT2D eigenvalue weighted by Gasteiger charge is 2.52. The average molecular weight is 887 g/mol. The minimum atomic E-state index is -2.93. The molecule has 5 aromatic carbocycles. The summed E-state index contributed by atoms with van der Waals surface area (Å²) in [7, 11) is -2.52. The van der Waals surface area contributed by atoms with E-state index < -0.39 is 35.3 Å². The third-order valence-electron chi connectivity index (χ3n) is 12.3. The molecule has 0 heterocycles. The average Bonchev–Trinajstić information content (AvgIpc) is 3.28. The Labute approximate surface area is 379 Å². The van der Waals surface area contributed by atoms with Gasteiger partial charge in [0.2, 0.25) is 0 Å². The molecular formula is C54H70O7Si2. The highest BCUT2D eigenvalue weighted by atomic mass is 28.4. The number of benzene rings is 5. The van der Waals surface area contributed by atoms with Crippen LogP contribution < -0.4 is 30.2 Å². The Hall–Kier alpha value is -4.62. The Kier molecular flexibility index (Phi) is 17.1. The number of carbonyl (C=O) groups excluding carboxylic acids is 1. The lowest BCUT2D eigenvalue weighted by Crippen LogP contribution is -2.67. The van der Waals surface area contributed by atoms with Gasteiger partial charge in [0.1, 0.15) is 0 Å². The first-order chi connectivity index (χ1) is 30.0. The van der Waals surface area contributed by atoms with E-state index in [2.05, 4.69) is 152 Å². The Morgan fingerprint density at radius 2 is 1.03 bits per heavy atom. The van der Waals surface area contributed by atoms with Crippen LogP contribution in [0.5, 0.6) is 11.5 Å². The molecule has 0 aliphatic carbocycles. The minimum absolute atomic E-state index is 0.100. The molecule has 4 atom stereocenters. The highest BCUT2D eigenvalue weighted by Crippen LogP contribution is 2.39. The standard InChI is InChI=1S/C54H70O7Si2/c1-40(37-60-62(53(4,5)6,44-24-16-12-17-25-44)45-26-18-13-19-27-45)34-41(2)51(56)48(36-55)52(59-39-43-32-33-49(57-10)50(35-43)58-11)42(3)38-61-63(54(7,8)9,46-28-20-14-21-29-46)47-30-22-15-23-31-47/h12-35,40,42,48,52,55H,36-39H2,1-11H3/b41-34+/t40-,42-,48-,52+/m1/s1. The van der Waals surface area contributed by atoms with E-state index in [4.69, 9.17) is 23.1 Å². The second kappa shape index (κ2) is 21.8. The fourth-order valence-corrected chi connectivity index (χ4v) is 18.5. The lowest BCUT2D eigenvalue weighted by molar-refractivity contribution is -0.130. The van der Waals surface area contributed by atoms with Crippen molar-refractivity contribution in [3.8, 4) is 11.5 Å². The van der Waals surface area contributed by atoms with Crippen LogP contribution in [-0.4, -0.2) is 67.7 Å². The Morgan fingerprint density at radius 1 is 0.619 bits per heavy atom. The molecule has 63 heavy (non-hydrogen) atoms. The number of aliphatic hydroxyl groups is 1. The van der Waals surface area contributed by atoms with Crippen LogP contribution in [0.25, 0.3) is 0 Å². The molecule has 0 aromatic heterocycles. The second-order valence-corrected chi connectivity index (χ2v) is 27.5. The molecule has 5 rings (SSSR count). The fourth-order valence-electron chi connectivity index (χ4n) is 9.16. The normalized spacial score (nSPS) is 14.7. The van der Waals surface area contributed by atoms with Crippen LogP contribution in [0.1, 0.15) is 67.9 Å². The molecule has 0 bridgehead atoms. The maximum Gasteiger partial charge on any atom is 0.261 e. The van der Waals surface area contributed by atoms with Crippen molar-refractivity contribution in [2.45, 2.75) is 85.1 Å². The molecule has 1 N–H and O–H groups in total. The summed E-state index contributed by atoms with van der Waals surface area (Å²) < 4.78 is 32.5. The number of methoxy groups -OCH3 is 2. The largest absolute Gasteiger partial charge is 0.493 e. The lowest BCUT2D eigenvalue weighted by atomic mass is 9.86. The van der Waals surface area contributed by atoms with E-state index in [-0.39, 0.29) is 34.3 Å². The van der Waals surface area contributed by atoms with Crippen molar-refractivity contribution in [2.75, 3.05) is 34.0 Å². The molecule has 0 aliphatic rings. The van der Waals surface area contributed by atoms with E-state index in [0.717, 1.165) is 5.56 Å². The second-order valence-electron chi connectivity index (χ2n) is 18.9. The molecule has 0 amide bonds. The van der Waals surface area contributed by atoms with E-state index in [1.54, 1.807) is 14.2 Å². The summed E-state index contributed by atoms with van der Waals surface area (Å²) in [5.74, 6) is -0.218.